The topological polar surface area (TPSA) is 55.0 Å². The van der Waals surface area contributed by atoms with Crippen molar-refractivity contribution >= 4 is 17.3 Å². The summed E-state index contributed by atoms with van der Waals surface area (Å²) in [6.45, 7) is 5.85. The molecule has 0 fully saturated rings. The Morgan fingerprint density at radius 3 is 2.94 bits per heavy atom. The predicted octanol–water partition coefficient (Wildman–Crippen LogP) is 2.98. The van der Waals surface area contributed by atoms with Gasteiger partial charge in [0, 0.05) is 11.6 Å². The molecule has 0 spiro atoms. The van der Waals surface area contributed by atoms with Crippen LogP contribution in [0.2, 0.25) is 0 Å². The number of rotatable bonds is 4. The molecule has 0 saturated heterocycles. The summed E-state index contributed by atoms with van der Waals surface area (Å²) in [6, 6.07) is 3.88. The van der Waals surface area contributed by atoms with E-state index < -0.39 is 5.41 Å². The lowest BCUT2D eigenvalue weighted by molar-refractivity contribution is -0.148. The SMILES string of the molecule is CCOC(=O)C(C)(C)c1csc(-c2ccc[nH]2)n1. The number of ether oxygens (including phenoxy) is 1. The van der Waals surface area contributed by atoms with E-state index in [1.54, 1.807) is 6.92 Å². The highest BCUT2D eigenvalue weighted by atomic mass is 32.1. The van der Waals surface area contributed by atoms with Crippen molar-refractivity contribution in [1.82, 2.24) is 9.97 Å². The summed E-state index contributed by atoms with van der Waals surface area (Å²) in [5.41, 5.74) is 0.999. The first kappa shape index (κ1) is 12.8. The minimum Gasteiger partial charge on any atom is -0.465 e. The average Bonchev–Trinajstić information content (AvgIpc) is 3.00. The smallest absolute Gasteiger partial charge is 0.317 e. The van der Waals surface area contributed by atoms with E-state index in [1.807, 2.05) is 37.6 Å². The van der Waals surface area contributed by atoms with Crippen LogP contribution in [0.4, 0.5) is 0 Å². The second-order valence-corrected chi connectivity index (χ2v) is 5.33. The maximum atomic E-state index is 11.9. The van der Waals surface area contributed by atoms with E-state index in [0.717, 1.165) is 16.4 Å². The van der Waals surface area contributed by atoms with Gasteiger partial charge < -0.3 is 9.72 Å². The molecule has 0 aromatic carbocycles. The second-order valence-electron chi connectivity index (χ2n) is 4.47. The monoisotopic (exact) mass is 264 g/mol. The molecule has 2 aromatic rings. The van der Waals surface area contributed by atoms with Gasteiger partial charge in [-0.05, 0) is 32.9 Å². The van der Waals surface area contributed by atoms with E-state index in [4.69, 9.17) is 4.74 Å². The quantitative estimate of drug-likeness (QED) is 0.864. The number of aromatic amines is 1. The Hall–Kier alpha value is -1.62. The van der Waals surface area contributed by atoms with Gasteiger partial charge in [0.2, 0.25) is 0 Å². The van der Waals surface area contributed by atoms with Gasteiger partial charge in [0.15, 0.2) is 0 Å². The molecule has 0 bridgehead atoms. The number of aromatic nitrogens is 2. The van der Waals surface area contributed by atoms with Gasteiger partial charge in [-0.25, -0.2) is 4.98 Å². The standard InChI is InChI=1S/C13H16N2O2S/c1-4-17-12(16)13(2,3)10-8-18-11(15-10)9-6-5-7-14-9/h5-8,14H,4H2,1-3H3. The fourth-order valence-electron chi connectivity index (χ4n) is 1.56. The maximum Gasteiger partial charge on any atom is 0.317 e. The normalized spacial score (nSPS) is 11.5. The first-order chi connectivity index (χ1) is 8.55. The first-order valence-corrected chi connectivity index (χ1v) is 6.70. The van der Waals surface area contributed by atoms with Crippen molar-refractivity contribution in [3.8, 4) is 10.7 Å². The van der Waals surface area contributed by atoms with Crippen LogP contribution in [0.5, 0.6) is 0 Å². The summed E-state index contributed by atoms with van der Waals surface area (Å²) in [5.74, 6) is -0.242. The van der Waals surface area contributed by atoms with E-state index in [0.29, 0.717) is 6.61 Å². The molecule has 0 aliphatic rings. The van der Waals surface area contributed by atoms with Gasteiger partial charge in [-0.15, -0.1) is 11.3 Å². The Morgan fingerprint density at radius 1 is 1.56 bits per heavy atom. The van der Waals surface area contributed by atoms with Crippen molar-refractivity contribution in [2.75, 3.05) is 6.61 Å². The third-order valence-electron chi connectivity index (χ3n) is 2.76. The van der Waals surface area contributed by atoms with Gasteiger partial charge in [0.25, 0.3) is 0 Å². The van der Waals surface area contributed by atoms with Gasteiger partial charge >= 0.3 is 5.97 Å². The van der Waals surface area contributed by atoms with Crippen LogP contribution >= 0.6 is 11.3 Å². The van der Waals surface area contributed by atoms with Crippen LogP contribution in [-0.2, 0) is 14.9 Å². The Labute approximate surface area is 110 Å². The van der Waals surface area contributed by atoms with Crippen molar-refractivity contribution in [2.24, 2.45) is 0 Å². The predicted molar refractivity (Wildman–Crippen MR) is 71.6 cm³/mol. The molecule has 0 amide bonds. The Kier molecular flexibility index (Phi) is 3.52. The van der Waals surface area contributed by atoms with E-state index in [2.05, 4.69) is 9.97 Å². The van der Waals surface area contributed by atoms with Gasteiger partial charge in [-0.3, -0.25) is 4.79 Å². The molecule has 96 valence electrons. The molecule has 2 aromatic heterocycles. The molecule has 0 aliphatic heterocycles. The van der Waals surface area contributed by atoms with Crippen LogP contribution in [0, 0.1) is 0 Å². The summed E-state index contributed by atoms with van der Waals surface area (Å²) in [7, 11) is 0. The highest BCUT2D eigenvalue weighted by Crippen LogP contribution is 2.30. The molecule has 0 unspecified atom stereocenters. The van der Waals surface area contributed by atoms with Gasteiger partial charge in [-0.2, -0.15) is 0 Å². The fourth-order valence-corrected chi connectivity index (χ4v) is 2.54. The summed E-state index contributed by atoms with van der Waals surface area (Å²) in [5, 5.41) is 2.79. The molecule has 1 N–H and O–H groups in total. The number of nitrogens with one attached hydrogen (secondary N) is 1. The number of thiazole rings is 1. The zero-order chi connectivity index (χ0) is 13.2. The third-order valence-corrected chi connectivity index (χ3v) is 3.63. The van der Waals surface area contributed by atoms with Crippen molar-refractivity contribution in [2.45, 2.75) is 26.2 Å². The van der Waals surface area contributed by atoms with Crippen LogP contribution in [0.25, 0.3) is 10.7 Å². The fraction of sp³-hybridized carbons (Fsp3) is 0.385. The molecule has 5 heteroatoms. The van der Waals surface area contributed by atoms with Gasteiger partial charge in [0.05, 0.1) is 18.0 Å². The van der Waals surface area contributed by atoms with E-state index >= 15 is 0 Å². The van der Waals surface area contributed by atoms with E-state index in [1.165, 1.54) is 11.3 Å². The number of H-pyrrole nitrogens is 1. The van der Waals surface area contributed by atoms with Crippen molar-refractivity contribution in [3.63, 3.8) is 0 Å². The Balaban J connectivity index is 2.27. The Bertz CT molecular complexity index is 529. The Morgan fingerprint density at radius 2 is 2.33 bits per heavy atom. The van der Waals surface area contributed by atoms with E-state index in [9.17, 15) is 4.79 Å². The highest BCUT2D eigenvalue weighted by Gasteiger charge is 2.34. The molecular weight excluding hydrogens is 248 g/mol. The number of esters is 1. The minimum atomic E-state index is -0.711. The van der Waals surface area contributed by atoms with Crippen molar-refractivity contribution in [1.29, 1.82) is 0 Å². The third kappa shape index (κ3) is 2.31. The van der Waals surface area contributed by atoms with Crippen LogP contribution in [0.15, 0.2) is 23.7 Å². The summed E-state index contributed by atoms with van der Waals surface area (Å²) in [6.07, 6.45) is 1.85. The van der Waals surface area contributed by atoms with Crippen molar-refractivity contribution in [3.05, 3.63) is 29.4 Å². The van der Waals surface area contributed by atoms with Crippen LogP contribution in [0.3, 0.4) is 0 Å². The number of carbonyl (C=O) groups excluding carboxylic acids is 1. The van der Waals surface area contributed by atoms with Gasteiger partial charge in [-0.1, -0.05) is 0 Å². The van der Waals surface area contributed by atoms with Gasteiger partial charge in [0.1, 0.15) is 10.4 Å². The number of hydrogen-bond donors (Lipinski definition) is 1. The molecule has 0 saturated carbocycles. The second kappa shape index (κ2) is 4.94. The summed E-state index contributed by atoms with van der Waals surface area (Å²) in [4.78, 5) is 19.5. The molecular formula is C13H16N2O2S. The summed E-state index contributed by atoms with van der Waals surface area (Å²) < 4.78 is 5.08. The molecule has 2 heterocycles. The number of carbonyl (C=O) groups is 1. The molecule has 2 rings (SSSR count). The lowest BCUT2D eigenvalue weighted by Gasteiger charge is -2.19. The summed E-state index contributed by atoms with van der Waals surface area (Å²) >= 11 is 1.52. The zero-order valence-electron chi connectivity index (χ0n) is 10.7. The molecule has 0 aliphatic carbocycles. The van der Waals surface area contributed by atoms with Crippen LogP contribution in [-0.4, -0.2) is 22.5 Å². The first-order valence-electron chi connectivity index (χ1n) is 5.82. The lowest BCUT2D eigenvalue weighted by atomic mass is 9.90. The molecule has 4 nitrogen and oxygen atoms in total. The van der Waals surface area contributed by atoms with E-state index in [-0.39, 0.29) is 5.97 Å². The lowest BCUT2D eigenvalue weighted by Crippen LogP contribution is -2.31. The molecule has 18 heavy (non-hydrogen) atoms. The minimum absolute atomic E-state index is 0.242. The zero-order valence-corrected chi connectivity index (χ0v) is 11.5. The largest absolute Gasteiger partial charge is 0.465 e. The number of nitrogens with zero attached hydrogens (tertiary/aromatic N) is 1. The van der Waals surface area contributed by atoms with Crippen LogP contribution < -0.4 is 0 Å². The number of hydrogen-bond acceptors (Lipinski definition) is 4. The molecule has 0 atom stereocenters. The maximum absolute atomic E-state index is 11.9. The molecule has 0 radical (unpaired) electrons. The van der Waals surface area contributed by atoms with Crippen molar-refractivity contribution < 1.29 is 9.53 Å². The van der Waals surface area contributed by atoms with Crippen LogP contribution in [0.1, 0.15) is 26.5 Å². The average molecular weight is 264 g/mol. The highest BCUT2D eigenvalue weighted by molar-refractivity contribution is 7.13.